The molecule has 3 nitrogen and oxygen atoms in total. The number of thiazole rings is 1. The second-order valence-corrected chi connectivity index (χ2v) is 7.44. The highest BCUT2D eigenvalue weighted by atomic mass is 32.1. The highest BCUT2D eigenvalue weighted by molar-refractivity contribution is 7.09. The van der Waals surface area contributed by atoms with Gasteiger partial charge in [-0.1, -0.05) is 44.2 Å². The minimum atomic E-state index is 0.433. The van der Waals surface area contributed by atoms with Crippen molar-refractivity contribution in [2.45, 2.75) is 39.2 Å². The monoisotopic (exact) mass is 366 g/mol. The molecule has 0 aliphatic heterocycles. The molecular weight excluding hydrogens is 340 g/mol. The van der Waals surface area contributed by atoms with Crippen LogP contribution in [0.5, 0.6) is 5.75 Å². The molecule has 0 spiro atoms. The highest BCUT2D eigenvalue weighted by Gasteiger charge is 2.14. The van der Waals surface area contributed by atoms with Crippen LogP contribution in [0.4, 0.5) is 0 Å². The van der Waals surface area contributed by atoms with E-state index < -0.39 is 0 Å². The molecule has 0 radical (unpaired) electrons. The number of aromatic nitrogens is 1. The molecule has 1 aromatic heterocycles. The van der Waals surface area contributed by atoms with Crippen LogP contribution in [-0.2, 0) is 13.0 Å². The third-order valence-corrected chi connectivity index (χ3v) is 5.50. The number of hydrogen-bond donors (Lipinski definition) is 1. The van der Waals surface area contributed by atoms with Crippen LogP contribution in [0.3, 0.4) is 0 Å². The van der Waals surface area contributed by atoms with Crippen molar-refractivity contribution in [2.24, 2.45) is 5.73 Å². The highest BCUT2D eigenvalue weighted by Crippen LogP contribution is 2.34. The molecule has 0 amide bonds. The van der Waals surface area contributed by atoms with Crippen LogP contribution >= 0.6 is 11.3 Å². The summed E-state index contributed by atoms with van der Waals surface area (Å²) in [5, 5.41) is 3.21. The molecule has 3 rings (SSSR count). The summed E-state index contributed by atoms with van der Waals surface area (Å²) in [6.45, 7) is 5.67. The Hall–Kier alpha value is -2.17. The minimum absolute atomic E-state index is 0.433. The molecule has 0 aliphatic rings. The summed E-state index contributed by atoms with van der Waals surface area (Å²) in [6.07, 6.45) is 1.90. The number of hydrogen-bond acceptors (Lipinski definition) is 4. The lowest BCUT2D eigenvalue weighted by Gasteiger charge is -2.17. The number of benzene rings is 2. The molecule has 1 unspecified atom stereocenters. The third-order valence-electron chi connectivity index (χ3n) is 4.60. The molecule has 0 saturated carbocycles. The zero-order valence-electron chi connectivity index (χ0n) is 15.4. The first kappa shape index (κ1) is 18.6. The molecule has 2 N–H and O–H groups in total. The molecule has 136 valence electrons. The van der Waals surface area contributed by atoms with Crippen molar-refractivity contribution in [2.75, 3.05) is 6.54 Å². The molecule has 1 heterocycles. The first-order valence-electron chi connectivity index (χ1n) is 9.16. The van der Waals surface area contributed by atoms with E-state index in [1.165, 1.54) is 11.1 Å². The second kappa shape index (κ2) is 8.97. The summed E-state index contributed by atoms with van der Waals surface area (Å²) < 4.78 is 6.15. The Morgan fingerprint density at radius 3 is 2.69 bits per heavy atom. The Bertz CT molecular complexity index is 829. The summed E-state index contributed by atoms with van der Waals surface area (Å²) in [6, 6.07) is 16.7. The van der Waals surface area contributed by atoms with Crippen LogP contribution < -0.4 is 10.5 Å². The standard InChI is InChI=1S/C22H26N2OS/c1-3-16(2)19-13-18(20-15-26-22(24-20)11-12-23)9-10-21(19)25-14-17-7-5-4-6-8-17/h4-10,13,15-16H,3,11-12,14,23H2,1-2H3. The first-order valence-corrected chi connectivity index (χ1v) is 10.0. The van der Waals surface area contributed by atoms with E-state index in [0.717, 1.165) is 34.9 Å². The smallest absolute Gasteiger partial charge is 0.123 e. The lowest BCUT2D eigenvalue weighted by molar-refractivity contribution is 0.301. The molecular formula is C22H26N2OS. The topological polar surface area (TPSA) is 48.1 Å². The lowest BCUT2D eigenvalue weighted by atomic mass is 9.95. The molecule has 4 heteroatoms. The zero-order valence-corrected chi connectivity index (χ0v) is 16.3. The fourth-order valence-electron chi connectivity index (χ4n) is 2.86. The summed E-state index contributed by atoms with van der Waals surface area (Å²) in [5.41, 5.74) is 10.2. The predicted octanol–water partition coefficient (Wildman–Crippen LogP) is 5.40. The fourth-order valence-corrected chi connectivity index (χ4v) is 3.68. The Kier molecular flexibility index (Phi) is 6.42. The second-order valence-electron chi connectivity index (χ2n) is 6.50. The quantitative estimate of drug-likeness (QED) is 0.580. The van der Waals surface area contributed by atoms with Crippen molar-refractivity contribution in [1.29, 1.82) is 0 Å². The van der Waals surface area contributed by atoms with E-state index in [1.54, 1.807) is 11.3 Å². The van der Waals surface area contributed by atoms with E-state index >= 15 is 0 Å². The van der Waals surface area contributed by atoms with Crippen LogP contribution in [0.25, 0.3) is 11.3 Å². The Balaban J connectivity index is 1.85. The van der Waals surface area contributed by atoms with Gasteiger partial charge in [0.15, 0.2) is 0 Å². The van der Waals surface area contributed by atoms with E-state index in [9.17, 15) is 0 Å². The SMILES string of the molecule is CCC(C)c1cc(-c2csc(CCN)n2)ccc1OCc1ccccc1. The van der Waals surface area contributed by atoms with Gasteiger partial charge in [0.1, 0.15) is 12.4 Å². The van der Waals surface area contributed by atoms with E-state index in [2.05, 4.69) is 49.6 Å². The zero-order chi connectivity index (χ0) is 18.4. The Labute approximate surface area is 159 Å². The van der Waals surface area contributed by atoms with Crippen molar-refractivity contribution >= 4 is 11.3 Å². The summed E-state index contributed by atoms with van der Waals surface area (Å²) in [4.78, 5) is 4.72. The third kappa shape index (κ3) is 4.51. The van der Waals surface area contributed by atoms with Crippen LogP contribution in [0.1, 0.15) is 42.3 Å². The number of rotatable bonds is 8. The van der Waals surface area contributed by atoms with Gasteiger partial charge in [0.2, 0.25) is 0 Å². The van der Waals surface area contributed by atoms with Crippen molar-refractivity contribution < 1.29 is 4.74 Å². The van der Waals surface area contributed by atoms with Gasteiger partial charge in [0, 0.05) is 17.4 Å². The number of nitrogens with zero attached hydrogens (tertiary/aromatic N) is 1. The van der Waals surface area contributed by atoms with E-state index in [4.69, 9.17) is 15.5 Å². The van der Waals surface area contributed by atoms with E-state index in [-0.39, 0.29) is 0 Å². The number of nitrogens with two attached hydrogens (primary N) is 1. The molecule has 2 aromatic carbocycles. The molecule has 26 heavy (non-hydrogen) atoms. The van der Waals surface area contributed by atoms with Gasteiger partial charge in [0.25, 0.3) is 0 Å². The normalized spacial score (nSPS) is 12.1. The van der Waals surface area contributed by atoms with E-state index in [1.807, 2.05) is 18.2 Å². The summed E-state index contributed by atoms with van der Waals surface area (Å²) >= 11 is 1.68. The van der Waals surface area contributed by atoms with Crippen molar-refractivity contribution in [1.82, 2.24) is 4.98 Å². The minimum Gasteiger partial charge on any atom is -0.489 e. The molecule has 1 atom stereocenters. The largest absolute Gasteiger partial charge is 0.489 e. The van der Waals surface area contributed by atoms with Crippen LogP contribution in [0.15, 0.2) is 53.9 Å². The van der Waals surface area contributed by atoms with Gasteiger partial charge in [0.05, 0.1) is 10.7 Å². The Morgan fingerprint density at radius 1 is 1.15 bits per heavy atom. The molecule has 0 aliphatic carbocycles. The van der Waals surface area contributed by atoms with Gasteiger partial charge >= 0.3 is 0 Å². The summed E-state index contributed by atoms with van der Waals surface area (Å²) in [7, 11) is 0. The van der Waals surface area contributed by atoms with Crippen LogP contribution in [-0.4, -0.2) is 11.5 Å². The Morgan fingerprint density at radius 2 is 1.96 bits per heavy atom. The van der Waals surface area contributed by atoms with Crippen molar-refractivity contribution in [3.05, 3.63) is 70.0 Å². The summed E-state index contributed by atoms with van der Waals surface area (Å²) in [5.74, 6) is 1.40. The average Bonchev–Trinajstić information content (AvgIpc) is 3.15. The van der Waals surface area contributed by atoms with Gasteiger partial charge in [-0.3, -0.25) is 0 Å². The maximum Gasteiger partial charge on any atom is 0.123 e. The maximum atomic E-state index is 6.15. The predicted molar refractivity (Wildman–Crippen MR) is 110 cm³/mol. The molecule has 0 saturated heterocycles. The lowest BCUT2D eigenvalue weighted by Crippen LogP contribution is -2.02. The maximum absolute atomic E-state index is 6.15. The van der Waals surface area contributed by atoms with Gasteiger partial charge in [-0.25, -0.2) is 4.98 Å². The van der Waals surface area contributed by atoms with Gasteiger partial charge in [-0.2, -0.15) is 0 Å². The van der Waals surface area contributed by atoms with Crippen molar-refractivity contribution in [3.63, 3.8) is 0 Å². The first-order chi connectivity index (χ1) is 12.7. The fraction of sp³-hybridized carbons (Fsp3) is 0.318. The molecule has 0 bridgehead atoms. The van der Waals surface area contributed by atoms with Crippen LogP contribution in [0, 0.1) is 0 Å². The molecule has 0 fully saturated rings. The van der Waals surface area contributed by atoms with Gasteiger partial charge in [-0.05, 0) is 48.2 Å². The van der Waals surface area contributed by atoms with Crippen molar-refractivity contribution in [3.8, 4) is 17.0 Å². The van der Waals surface area contributed by atoms with Gasteiger partial charge in [-0.15, -0.1) is 11.3 Å². The molecule has 3 aromatic rings. The van der Waals surface area contributed by atoms with Crippen LogP contribution in [0.2, 0.25) is 0 Å². The van der Waals surface area contributed by atoms with Gasteiger partial charge < -0.3 is 10.5 Å². The average molecular weight is 367 g/mol. The van der Waals surface area contributed by atoms with E-state index in [0.29, 0.717) is 19.1 Å². The number of ether oxygens (including phenoxy) is 1.